The topological polar surface area (TPSA) is 15.3 Å². The van der Waals surface area contributed by atoms with Crippen molar-refractivity contribution in [1.82, 2.24) is 5.32 Å². The summed E-state index contributed by atoms with van der Waals surface area (Å²) in [5, 5.41) is 3.43. The molecule has 0 amide bonds. The molecule has 0 aliphatic heterocycles. The van der Waals surface area contributed by atoms with Crippen molar-refractivity contribution < 1.29 is 0 Å². The van der Waals surface area contributed by atoms with Crippen LogP contribution >= 0.6 is 15.9 Å². The molecule has 0 atom stereocenters. The summed E-state index contributed by atoms with van der Waals surface area (Å²) in [7, 11) is 2.23. The van der Waals surface area contributed by atoms with Gasteiger partial charge in [-0.05, 0) is 49.1 Å². The van der Waals surface area contributed by atoms with Crippen LogP contribution in [0.3, 0.4) is 0 Å². The molecule has 1 N–H and O–H groups in total. The number of hydrogen-bond acceptors (Lipinski definition) is 2. The standard InChI is InChI=1S/C16H25BrN2/c1-3-18-11-14-10-15(17)8-9-16(14)19(2)12-13-6-4-5-7-13/h8-10,13,18H,3-7,11-12H2,1-2H3. The highest BCUT2D eigenvalue weighted by Crippen LogP contribution is 2.29. The van der Waals surface area contributed by atoms with Crippen molar-refractivity contribution in [2.24, 2.45) is 5.92 Å². The van der Waals surface area contributed by atoms with E-state index in [9.17, 15) is 0 Å². The fraction of sp³-hybridized carbons (Fsp3) is 0.625. The molecule has 3 heteroatoms. The maximum absolute atomic E-state index is 3.58. The van der Waals surface area contributed by atoms with Gasteiger partial charge in [-0.15, -0.1) is 0 Å². The van der Waals surface area contributed by atoms with Crippen molar-refractivity contribution in [3.63, 3.8) is 0 Å². The van der Waals surface area contributed by atoms with Gasteiger partial charge >= 0.3 is 0 Å². The summed E-state index contributed by atoms with van der Waals surface area (Å²) >= 11 is 3.58. The molecule has 1 aromatic carbocycles. The van der Waals surface area contributed by atoms with E-state index in [4.69, 9.17) is 0 Å². The van der Waals surface area contributed by atoms with Crippen LogP contribution in [0.2, 0.25) is 0 Å². The number of anilines is 1. The predicted octanol–water partition coefficient (Wildman–Crippen LogP) is 4.19. The van der Waals surface area contributed by atoms with Gasteiger partial charge in [0.05, 0.1) is 0 Å². The molecule has 1 fully saturated rings. The summed E-state index contributed by atoms with van der Waals surface area (Å²) in [6.45, 7) is 5.30. The van der Waals surface area contributed by atoms with E-state index in [-0.39, 0.29) is 0 Å². The van der Waals surface area contributed by atoms with E-state index in [1.807, 2.05) is 0 Å². The molecule has 1 aromatic rings. The van der Waals surface area contributed by atoms with Crippen LogP contribution < -0.4 is 10.2 Å². The lowest BCUT2D eigenvalue weighted by Gasteiger charge is -2.26. The molecule has 2 nitrogen and oxygen atoms in total. The van der Waals surface area contributed by atoms with Gasteiger partial charge in [-0.25, -0.2) is 0 Å². The molecule has 0 radical (unpaired) electrons. The molecule has 1 aliphatic carbocycles. The van der Waals surface area contributed by atoms with E-state index >= 15 is 0 Å². The highest BCUT2D eigenvalue weighted by Gasteiger charge is 2.18. The zero-order valence-electron chi connectivity index (χ0n) is 12.1. The Hall–Kier alpha value is -0.540. The van der Waals surface area contributed by atoms with Gasteiger partial charge in [0.25, 0.3) is 0 Å². The van der Waals surface area contributed by atoms with E-state index in [0.29, 0.717) is 0 Å². The number of benzene rings is 1. The zero-order chi connectivity index (χ0) is 13.7. The first-order valence-electron chi connectivity index (χ1n) is 7.41. The Morgan fingerprint density at radius 1 is 1.32 bits per heavy atom. The first kappa shape index (κ1) is 14.9. The van der Waals surface area contributed by atoms with Crippen LogP contribution in [0.15, 0.2) is 22.7 Å². The summed E-state index contributed by atoms with van der Waals surface area (Å²) in [5.74, 6) is 0.889. The molecule has 0 spiro atoms. The van der Waals surface area contributed by atoms with Crippen LogP contribution in [0.5, 0.6) is 0 Å². The van der Waals surface area contributed by atoms with Crippen molar-refractivity contribution in [3.05, 3.63) is 28.2 Å². The van der Waals surface area contributed by atoms with Crippen molar-refractivity contribution in [2.45, 2.75) is 39.2 Å². The van der Waals surface area contributed by atoms with E-state index in [0.717, 1.165) is 19.0 Å². The van der Waals surface area contributed by atoms with Gasteiger partial charge in [0.15, 0.2) is 0 Å². The van der Waals surface area contributed by atoms with E-state index < -0.39 is 0 Å². The van der Waals surface area contributed by atoms with Gasteiger partial charge in [-0.2, -0.15) is 0 Å². The van der Waals surface area contributed by atoms with E-state index in [2.05, 4.69) is 58.3 Å². The molecular weight excluding hydrogens is 300 g/mol. The monoisotopic (exact) mass is 324 g/mol. The molecule has 1 saturated carbocycles. The lowest BCUT2D eigenvalue weighted by molar-refractivity contribution is 0.546. The molecule has 0 saturated heterocycles. The second-order valence-electron chi connectivity index (χ2n) is 5.58. The second kappa shape index (κ2) is 7.30. The third kappa shape index (κ3) is 4.22. The van der Waals surface area contributed by atoms with Gasteiger partial charge in [0.2, 0.25) is 0 Å². The summed E-state index contributed by atoms with van der Waals surface area (Å²) in [4.78, 5) is 2.44. The smallest absolute Gasteiger partial charge is 0.0410 e. The molecule has 1 aliphatic rings. The molecule has 0 bridgehead atoms. The van der Waals surface area contributed by atoms with Crippen LogP contribution in [-0.4, -0.2) is 20.1 Å². The molecule has 0 aromatic heterocycles. The minimum Gasteiger partial charge on any atom is -0.374 e. The molecule has 0 unspecified atom stereocenters. The number of rotatable bonds is 6. The van der Waals surface area contributed by atoms with Gasteiger partial charge in [-0.1, -0.05) is 35.7 Å². The third-order valence-electron chi connectivity index (χ3n) is 4.03. The van der Waals surface area contributed by atoms with E-state index in [1.165, 1.54) is 48.0 Å². The number of nitrogens with zero attached hydrogens (tertiary/aromatic N) is 1. The maximum Gasteiger partial charge on any atom is 0.0410 e. The van der Waals surface area contributed by atoms with E-state index in [1.54, 1.807) is 0 Å². The van der Waals surface area contributed by atoms with Crippen LogP contribution in [0.4, 0.5) is 5.69 Å². The van der Waals surface area contributed by atoms with Gasteiger partial charge < -0.3 is 10.2 Å². The molecular formula is C16H25BrN2. The first-order chi connectivity index (χ1) is 9.20. The molecule has 2 rings (SSSR count). The number of halogens is 1. The molecule has 19 heavy (non-hydrogen) atoms. The highest BCUT2D eigenvalue weighted by atomic mass is 79.9. The number of hydrogen-bond donors (Lipinski definition) is 1. The fourth-order valence-corrected chi connectivity index (χ4v) is 3.41. The normalized spacial score (nSPS) is 15.9. The predicted molar refractivity (Wildman–Crippen MR) is 86.8 cm³/mol. The van der Waals surface area contributed by atoms with Crippen molar-refractivity contribution in [3.8, 4) is 0 Å². The summed E-state index contributed by atoms with van der Waals surface area (Å²) in [6, 6.07) is 6.63. The van der Waals surface area contributed by atoms with Crippen LogP contribution in [0, 0.1) is 5.92 Å². The quantitative estimate of drug-likeness (QED) is 0.844. The Bertz CT molecular complexity index is 400. The average Bonchev–Trinajstić information content (AvgIpc) is 2.89. The minimum atomic E-state index is 0.889. The Labute approximate surface area is 125 Å². The van der Waals surface area contributed by atoms with Crippen LogP contribution in [-0.2, 0) is 6.54 Å². The van der Waals surface area contributed by atoms with Crippen LogP contribution in [0.1, 0.15) is 38.2 Å². The highest BCUT2D eigenvalue weighted by molar-refractivity contribution is 9.10. The van der Waals surface area contributed by atoms with Crippen molar-refractivity contribution in [1.29, 1.82) is 0 Å². The molecule has 0 heterocycles. The summed E-state index contributed by atoms with van der Waals surface area (Å²) in [5.41, 5.74) is 2.76. The molecule has 106 valence electrons. The zero-order valence-corrected chi connectivity index (χ0v) is 13.7. The summed E-state index contributed by atoms with van der Waals surface area (Å²) < 4.78 is 1.17. The number of nitrogens with one attached hydrogen (secondary N) is 1. The largest absolute Gasteiger partial charge is 0.374 e. The average molecular weight is 325 g/mol. The second-order valence-corrected chi connectivity index (χ2v) is 6.50. The van der Waals surface area contributed by atoms with Gasteiger partial charge in [-0.3, -0.25) is 0 Å². The Kier molecular flexibility index (Phi) is 5.71. The van der Waals surface area contributed by atoms with Crippen molar-refractivity contribution >= 4 is 21.6 Å². The van der Waals surface area contributed by atoms with Crippen LogP contribution in [0.25, 0.3) is 0 Å². The lowest BCUT2D eigenvalue weighted by atomic mass is 10.1. The van der Waals surface area contributed by atoms with Gasteiger partial charge in [0, 0.05) is 30.3 Å². The minimum absolute atomic E-state index is 0.889. The maximum atomic E-state index is 3.58. The Balaban J connectivity index is 2.07. The lowest BCUT2D eigenvalue weighted by Crippen LogP contribution is -2.26. The van der Waals surface area contributed by atoms with Crippen molar-refractivity contribution in [2.75, 3.05) is 25.0 Å². The fourth-order valence-electron chi connectivity index (χ4n) is 3.01. The Morgan fingerprint density at radius 2 is 2.05 bits per heavy atom. The Morgan fingerprint density at radius 3 is 2.74 bits per heavy atom. The summed E-state index contributed by atoms with van der Waals surface area (Å²) in [6.07, 6.45) is 5.65. The van der Waals surface area contributed by atoms with Gasteiger partial charge in [0.1, 0.15) is 0 Å². The third-order valence-corrected chi connectivity index (χ3v) is 4.52. The first-order valence-corrected chi connectivity index (χ1v) is 8.20. The SMILES string of the molecule is CCNCc1cc(Br)ccc1N(C)CC1CCCC1.